The molecule has 148 valence electrons. The lowest BCUT2D eigenvalue weighted by molar-refractivity contribution is 0.553. The third-order valence-electron chi connectivity index (χ3n) is 5.16. The Morgan fingerprint density at radius 2 is 0.560 bits per heavy atom. The molecule has 0 heteroatoms. The van der Waals surface area contributed by atoms with Crippen molar-refractivity contribution in [3.63, 3.8) is 0 Å². The van der Waals surface area contributed by atoms with Crippen LogP contribution < -0.4 is 0 Å². The van der Waals surface area contributed by atoms with Gasteiger partial charge < -0.3 is 0 Å². The van der Waals surface area contributed by atoms with Crippen molar-refractivity contribution in [3.8, 4) is 0 Å². The third kappa shape index (κ3) is 23.7. The van der Waals surface area contributed by atoms with Crippen molar-refractivity contribution >= 4 is 0 Å². The van der Waals surface area contributed by atoms with E-state index < -0.39 is 0 Å². The number of rotatable bonds is 21. The molecular weight excluding hydrogens is 300 g/mol. The molecule has 25 heavy (non-hydrogen) atoms. The summed E-state index contributed by atoms with van der Waals surface area (Å²) in [7, 11) is 0. The van der Waals surface area contributed by atoms with Crippen LogP contribution in [0.4, 0.5) is 0 Å². The second kappa shape index (κ2) is 23.7. The van der Waals surface area contributed by atoms with Gasteiger partial charge in [-0.1, -0.05) is 135 Å². The van der Waals surface area contributed by atoms with Crippen molar-refractivity contribution in [2.75, 3.05) is 0 Å². The highest BCUT2D eigenvalue weighted by Gasteiger charge is 1.93. The first-order valence-corrected chi connectivity index (χ1v) is 11.6. The zero-order valence-electron chi connectivity index (χ0n) is 17.4. The van der Waals surface area contributed by atoms with Gasteiger partial charge in [-0.15, -0.1) is 0 Å². The van der Waals surface area contributed by atoms with Crippen LogP contribution in [0.5, 0.6) is 0 Å². The highest BCUT2D eigenvalue weighted by molar-refractivity contribution is 4.81. The van der Waals surface area contributed by atoms with Gasteiger partial charge in [-0.05, 0) is 25.7 Å². The van der Waals surface area contributed by atoms with E-state index in [0.717, 1.165) is 12.8 Å². The normalized spacial score (nSPS) is 11.6. The van der Waals surface area contributed by atoms with E-state index in [1.165, 1.54) is 122 Å². The van der Waals surface area contributed by atoms with E-state index in [1.807, 2.05) is 0 Å². The van der Waals surface area contributed by atoms with Crippen molar-refractivity contribution in [2.24, 2.45) is 0 Å². The fraction of sp³-hybridized carbons (Fsp3) is 0.840. The van der Waals surface area contributed by atoms with Gasteiger partial charge in [0.05, 0.1) is 0 Å². The number of unbranched alkanes of at least 4 members (excludes halogenated alkanes) is 19. The van der Waals surface area contributed by atoms with Crippen molar-refractivity contribution in [1.82, 2.24) is 0 Å². The summed E-state index contributed by atoms with van der Waals surface area (Å²) in [6, 6.07) is 0. The van der Waals surface area contributed by atoms with Crippen molar-refractivity contribution in [3.05, 3.63) is 26.0 Å². The van der Waals surface area contributed by atoms with E-state index in [1.54, 1.807) is 0 Å². The summed E-state index contributed by atoms with van der Waals surface area (Å²) >= 11 is 0. The molecule has 2 radical (unpaired) electrons. The Balaban J connectivity index is 3.04. The van der Waals surface area contributed by atoms with E-state index in [-0.39, 0.29) is 0 Å². The van der Waals surface area contributed by atoms with Crippen LogP contribution in [-0.4, -0.2) is 0 Å². The Bertz CT molecular complexity index is 240. The highest BCUT2D eigenvalue weighted by atomic mass is 14.0. The summed E-state index contributed by atoms with van der Waals surface area (Å²) in [4.78, 5) is 0. The van der Waals surface area contributed by atoms with Gasteiger partial charge in [-0.25, -0.2) is 0 Å². The largest absolute Gasteiger partial charge is 0.0885 e. The summed E-state index contributed by atoms with van der Waals surface area (Å²) in [6.07, 6.45) is 33.7. The van der Waals surface area contributed by atoms with Crippen LogP contribution in [0.3, 0.4) is 0 Å². The van der Waals surface area contributed by atoms with Crippen LogP contribution in [0.2, 0.25) is 0 Å². The van der Waals surface area contributed by atoms with Gasteiger partial charge in [0.1, 0.15) is 0 Å². The Kier molecular flexibility index (Phi) is 23.5. The lowest BCUT2D eigenvalue weighted by atomic mass is 10.0. The first-order valence-electron chi connectivity index (χ1n) is 11.6. The number of hydrogen-bond donors (Lipinski definition) is 0. The van der Waals surface area contributed by atoms with E-state index in [4.69, 9.17) is 0 Å². The van der Waals surface area contributed by atoms with E-state index in [0.29, 0.717) is 0 Å². The lowest BCUT2D eigenvalue weighted by Gasteiger charge is -2.02. The molecule has 0 aromatic rings. The summed E-state index contributed by atoms with van der Waals surface area (Å²) in [5.41, 5.74) is 0. The molecule has 0 bridgehead atoms. The van der Waals surface area contributed by atoms with Gasteiger partial charge in [0.25, 0.3) is 0 Å². The van der Waals surface area contributed by atoms with Gasteiger partial charge in [0, 0.05) is 0 Å². The maximum absolute atomic E-state index is 3.90. The average molecular weight is 349 g/mol. The quantitative estimate of drug-likeness (QED) is 0.143. The van der Waals surface area contributed by atoms with Gasteiger partial charge in [-0.3, -0.25) is 0 Å². The summed E-state index contributed by atoms with van der Waals surface area (Å²) in [5.74, 6) is 0. The molecule has 0 saturated heterocycles. The lowest BCUT2D eigenvalue weighted by Crippen LogP contribution is -1.82. The Morgan fingerprint density at radius 1 is 0.320 bits per heavy atom. The SMILES string of the molecule is [CH2]CCCCCCCCCC=CCCCCCCCCCCCC[CH2]. The minimum absolute atomic E-state index is 1.11. The van der Waals surface area contributed by atoms with E-state index in [2.05, 4.69) is 26.0 Å². The van der Waals surface area contributed by atoms with Crippen LogP contribution in [0.15, 0.2) is 12.2 Å². The molecule has 0 amide bonds. The Hall–Kier alpha value is -0.260. The minimum Gasteiger partial charge on any atom is -0.0885 e. The second-order valence-corrected chi connectivity index (χ2v) is 7.77. The Labute approximate surface area is 161 Å². The monoisotopic (exact) mass is 348 g/mol. The van der Waals surface area contributed by atoms with Crippen LogP contribution in [0.1, 0.15) is 135 Å². The maximum Gasteiger partial charge on any atom is -0.0351 e. The first-order chi connectivity index (χ1) is 12.4. The summed E-state index contributed by atoms with van der Waals surface area (Å²) in [5, 5.41) is 0. The standard InChI is InChI=1S/C25H48/c1-3-5-7-9-11-13-15-17-19-21-23-25-24-22-20-18-16-14-12-10-8-6-4-2/h21,23H,1-20,22,24-25H2. The predicted octanol–water partition coefficient (Wildman–Crippen LogP) is 9.40. The summed E-state index contributed by atoms with van der Waals surface area (Å²) in [6.45, 7) is 7.80. The molecule has 0 saturated carbocycles. The van der Waals surface area contributed by atoms with Gasteiger partial charge >= 0.3 is 0 Å². The zero-order valence-corrected chi connectivity index (χ0v) is 17.4. The summed E-state index contributed by atoms with van der Waals surface area (Å²) < 4.78 is 0. The average Bonchev–Trinajstić information content (AvgIpc) is 2.63. The molecule has 0 nitrogen and oxygen atoms in total. The van der Waals surface area contributed by atoms with E-state index >= 15 is 0 Å². The molecule has 0 aliphatic rings. The molecule has 0 rings (SSSR count). The van der Waals surface area contributed by atoms with Gasteiger partial charge in [-0.2, -0.15) is 0 Å². The molecule has 0 aliphatic carbocycles. The molecule has 0 heterocycles. The van der Waals surface area contributed by atoms with Crippen molar-refractivity contribution in [2.45, 2.75) is 135 Å². The Morgan fingerprint density at radius 3 is 0.840 bits per heavy atom. The fourth-order valence-electron chi connectivity index (χ4n) is 3.41. The van der Waals surface area contributed by atoms with Gasteiger partial charge in [0.2, 0.25) is 0 Å². The topological polar surface area (TPSA) is 0 Å². The van der Waals surface area contributed by atoms with E-state index in [9.17, 15) is 0 Å². The molecule has 0 aromatic carbocycles. The third-order valence-corrected chi connectivity index (χ3v) is 5.16. The number of hydrogen-bond acceptors (Lipinski definition) is 0. The first kappa shape index (κ1) is 24.7. The molecule has 0 N–H and O–H groups in total. The number of allylic oxidation sites excluding steroid dienone is 2. The van der Waals surface area contributed by atoms with Crippen LogP contribution >= 0.6 is 0 Å². The van der Waals surface area contributed by atoms with Gasteiger partial charge in [0.15, 0.2) is 0 Å². The van der Waals surface area contributed by atoms with Crippen LogP contribution in [0.25, 0.3) is 0 Å². The highest BCUT2D eigenvalue weighted by Crippen LogP contribution is 2.13. The maximum atomic E-state index is 3.90. The minimum atomic E-state index is 1.11. The molecule has 0 aromatic heterocycles. The predicted molar refractivity (Wildman–Crippen MR) is 117 cm³/mol. The molecule has 0 aliphatic heterocycles. The molecule has 0 fully saturated rings. The second-order valence-electron chi connectivity index (χ2n) is 7.77. The molecule has 0 spiro atoms. The molecule has 0 atom stereocenters. The molecule has 0 unspecified atom stereocenters. The van der Waals surface area contributed by atoms with Crippen LogP contribution in [0, 0.1) is 13.8 Å². The van der Waals surface area contributed by atoms with Crippen molar-refractivity contribution in [1.29, 1.82) is 0 Å². The fourth-order valence-corrected chi connectivity index (χ4v) is 3.41. The smallest absolute Gasteiger partial charge is 0.0351 e. The molecular formula is C25H48. The zero-order chi connectivity index (χ0) is 18.3. The van der Waals surface area contributed by atoms with Crippen LogP contribution in [-0.2, 0) is 0 Å². The van der Waals surface area contributed by atoms with Crippen molar-refractivity contribution < 1.29 is 0 Å².